The number of fused-ring (bicyclic) bond motifs is 1. The molecule has 3 rings (SSSR count). The van der Waals surface area contributed by atoms with E-state index in [2.05, 4.69) is 10.6 Å². The molecule has 0 radical (unpaired) electrons. The molecule has 0 bridgehead atoms. The molecule has 1 aliphatic heterocycles. The molecule has 1 fully saturated rings. The Bertz CT molecular complexity index is 565. The summed E-state index contributed by atoms with van der Waals surface area (Å²) in [5, 5.41) is 7.44. The predicted octanol–water partition coefficient (Wildman–Crippen LogP) is 2.41. The van der Waals surface area contributed by atoms with Crippen LogP contribution in [0.1, 0.15) is 0 Å². The summed E-state index contributed by atoms with van der Waals surface area (Å²) in [6, 6.07) is 7.65. The van der Waals surface area contributed by atoms with Crippen LogP contribution in [0.5, 0.6) is 0 Å². The second-order valence-corrected chi connectivity index (χ2v) is 5.31. The van der Waals surface area contributed by atoms with Gasteiger partial charge in [0.15, 0.2) is 5.78 Å². The Morgan fingerprint density at radius 3 is 3.11 bits per heavy atom. The van der Waals surface area contributed by atoms with Gasteiger partial charge in [-0.1, -0.05) is 29.8 Å². The maximum atomic E-state index is 12.1. The standard InChI is InChI=1S/C15H15ClN2O/c16-11-4-2-5-12(7-11)18-13-9-17-8-10-3-1-6-14(19)15(10)13/h1-7,13,15,17-18H,8-9H2. The lowest BCUT2D eigenvalue weighted by Gasteiger charge is -2.35. The molecule has 2 N–H and O–H groups in total. The highest BCUT2D eigenvalue weighted by atomic mass is 35.5. The lowest BCUT2D eigenvalue weighted by atomic mass is 9.81. The van der Waals surface area contributed by atoms with Crippen LogP contribution in [-0.4, -0.2) is 24.9 Å². The monoisotopic (exact) mass is 274 g/mol. The molecule has 0 aromatic heterocycles. The molecule has 1 aromatic rings. The van der Waals surface area contributed by atoms with Crippen molar-refractivity contribution >= 4 is 23.1 Å². The highest BCUT2D eigenvalue weighted by molar-refractivity contribution is 6.30. The van der Waals surface area contributed by atoms with Crippen LogP contribution in [-0.2, 0) is 4.79 Å². The van der Waals surface area contributed by atoms with Crippen LogP contribution in [0.4, 0.5) is 5.69 Å². The van der Waals surface area contributed by atoms with Gasteiger partial charge in [0.25, 0.3) is 0 Å². The molecule has 0 saturated carbocycles. The first-order valence-corrected chi connectivity index (χ1v) is 6.75. The first kappa shape index (κ1) is 12.5. The number of hydrogen-bond acceptors (Lipinski definition) is 3. The van der Waals surface area contributed by atoms with Gasteiger partial charge in [-0.2, -0.15) is 0 Å². The van der Waals surface area contributed by atoms with Crippen LogP contribution in [0.25, 0.3) is 0 Å². The summed E-state index contributed by atoms with van der Waals surface area (Å²) in [6.45, 7) is 1.56. The summed E-state index contributed by atoms with van der Waals surface area (Å²) in [6.07, 6.45) is 5.52. The Morgan fingerprint density at radius 1 is 1.37 bits per heavy atom. The van der Waals surface area contributed by atoms with E-state index in [1.807, 2.05) is 36.4 Å². The van der Waals surface area contributed by atoms with Crippen molar-refractivity contribution in [3.05, 3.63) is 53.1 Å². The third-order valence-electron chi connectivity index (χ3n) is 3.55. The van der Waals surface area contributed by atoms with E-state index in [1.54, 1.807) is 6.08 Å². The zero-order valence-corrected chi connectivity index (χ0v) is 11.2. The number of nitrogens with one attached hydrogen (secondary N) is 2. The number of carbonyl (C=O) groups is 1. The fraction of sp³-hybridized carbons (Fsp3) is 0.267. The fourth-order valence-electron chi connectivity index (χ4n) is 2.70. The lowest BCUT2D eigenvalue weighted by Crippen LogP contribution is -2.49. The van der Waals surface area contributed by atoms with E-state index in [0.717, 1.165) is 24.4 Å². The van der Waals surface area contributed by atoms with Gasteiger partial charge in [0.05, 0.1) is 12.0 Å². The third-order valence-corrected chi connectivity index (χ3v) is 3.78. The minimum atomic E-state index is -0.0646. The molecule has 3 nitrogen and oxygen atoms in total. The lowest BCUT2D eigenvalue weighted by molar-refractivity contribution is -0.117. The summed E-state index contributed by atoms with van der Waals surface area (Å²) >= 11 is 5.98. The Balaban J connectivity index is 1.82. The minimum Gasteiger partial charge on any atom is -0.380 e. The normalized spacial score (nSPS) is 25.7. The van der Waals surface area contributed by atoms with E-state index >= 15 is 0 Å². The van der Waals surface area contributed by atoms with Gasteiger partial charge in [0.2, 0.25) is 0 Å². The molecular formula is C15H15ClN2O. The number of halogens is 1. The second kappa shape index (κ2) is 5.19. The molecule has 0 spiro atoms. The average molecular weight is 275 g/mol. The van der Waals surface area contributed by atoms with Gasteiger partial charge in [0.1, 0.15) is 0 Å². The van der Waals surface area contributed by atoms with Crippen LogP contribution < -0.4 is 10.6 Å². The van der Waals surface area contributed by atoms with Crippen LogP contribution >= 0.6 is 11.6 Å². The van der Waals surface area contributed by atoms with E-state index in [0.29, 0.717) is 5.02 Å². The van der Waals surface area contributed by atoms with E-state index < -0.39 is 0 Å². The van der Waals surface area contributed by atoms with Crippen LogP contribution in [0.3, 0.4) is 0 Å². The molecule has 2 unspecified atom stereocenters. The summed E-state index contributed by atoms with van der Waals surface area (Å²) in [5.74, 6) is 0.115. The third kappa shape index (κ3) is 2.57. The zero-order chi connectivity index (χ0) is 13.2. The summed E-state index contributed by atoms with van der Waals surface area (Å²) < 4.78 is 0. The van der Waals surface area contributed by atoms with Crippen molar-refractivity contribution in [2.45, 2.75) is 6.04 Å². The van der Waals surface area contributed by atoms with Crippen LogP contribution in [0.15, 0.2) is 48.1 Å². The number of benzene rings is 1. The largest absolute Gasteiger partial charge is 0.380 e. The second-order valence-electron chi connectivity index (χ2n) is 4.87. The molecule has 1 saturated heterocycles. The molecule has 19 heavy (non-hydrogen) atoms. The molecule has 2 atom stereocenters. The van der Waals surface area contributed by atoms with Crippen molar-refractivity contribution in [3.8, 4) is 0 Å². The van der Waals surface area contributed by atoms with Crippen molar-refractivity contribution in [3.63, 3.8) is 0 Å². The smallest absolute Gasteiger partial charge is 0.164 e. The van der Waals surface area contributed by atoms with Crippen molar-refractivity contribution in [1.29, 1.82) is 0 Å². The van der Waals surface area contributed by atoms with Gasteiger partial charge in [0, 0.05) is 23.8 Å². The van der Waals surface area contributed by atoms with Gasteiger partial charge in [-0.05, 0) is 29.8 Å². The molecule has 1 heterocycles. The molecule has 0 amide bonds. The van der Waals surface area contributed by atoms with Crippen molar-refractivity contribution in [2.24, 2.45) is 5.92 Å². The first-order chi connectivity index (χ1) is 9.24. The maximum absolute atomic E-state index is 12.1. The topological polar surface area (TPSA) is 41.1 Å². The molecule has 1 aromatic carbocycles. The van der Waals surface area contributed by atoms with Crippen LogP contribution in [0.2, 0.25) is 5.02 Å². The molecule has 98 valence electrons. The zero-order valence-electron chi connectivity index (χ0n) is 10.4. The number of ketones is 1. The number of carbonyl (C=O) groups excluding carboxylic acids is 1. The highest BCUT2D eigenvalue weighted by Crippen LogP contribution is 2.27. The van der Waals surface area contributed by atoms with Crippen molar-refractivity contribution in [2.75, 3.05) is 18.4 Å². The van der Waals surface area contributed by atoms with Gasteiger partial charge >= 0.3 is 0 Å². The minimum absolute atomic E-state index is 0.0646. The highest BCUT2D eigenvalue weighted by Gasteiger charge is 2.34. The Hall–Kier alpha value is -1.58. The molecule has 1 aliphatic carbocycles. The van der Waals surface area contributed by atoms with Gasteiger partial charge in [-0.3, -0.25) is 4.79 Å². The maximum Gasteiger partial charge on any atom is 0.164 e. The van der Waals surface area contributed by atoms with E-state index in [-0.39, 0.29) is 17.7 Å². The summed E-state index contributed by atoms with van der Waals surface area (Å²) in [4.78, 5) is 12.1. The summed E-state index contributed by atoms with van der Waals surface area (Å²) in [7, 11) is 0. The van der Waals surface area contributed by atoms with Gasteiger partial charge < -0.3 is 10.6 Å². The van der Waals surface area contributed by atoms with E-state index in [4.69, 9.17) is 11.6 Å². The van der Waals surface area contributed by atoms with Gasteiger partial charge in [-0.15, -0.1) is 0 Å². The quantitative estimate of drug-likeness (QED) is 0.870. The number of rotatable bonds is 2. The van der Waals surface area contributed by atoms with Gasteiger partial charge in [-0.25, -0.2) is 0 Å². The molecule has 4 heteroatoms. The number of hydrogen-bond donors (Lipinski definition) is 2. The van der Waals surface area contributed by atoms with Crippen LogP contribution in [0, 0.1) is 5.92 Å². The number of anilines is 1. The van der Waals surface area contributed by atoms with E-state index in [9.17, 15) is 4.79 Å². The number of piperidine rings is 1. The Morgan fingerprint density at radius 2 is 2.26 bits per heavy atom. The Labute approximate surface area is 117 Å². The number of allylic oxidation sites excluding steroid dienone is 3. The predicted molar refractivity (Wildman–Crippen MR) is 77.5 cm³/mol. The van der Waals surface area contributed by atoms with Crippen molar-refractivity contribution in [1.82, 2.24) is 5.32 Å². The van der Waals surface area contributed by atoms with E-state index in [1.165, 1.54) is 0 Å². The van der Waals surface area contributed by atoms with Crippen molar-refractivity contribution < 1.29 is 4.79 Å². The first-order valence-electron chi connectivity index (χ1n) is 6.38. The molecule has 2 aliphatic rings. The molecular weight excluding hydrogens is 260 g/mol. The fourth-order valence-corrected chi connectivity index (χ4v) is 2.89. The summed E-state index contributed by atoms with van der Waals surface area (Å²) in [5.41, 5.74) is 2.10. The SMILES string of the molecule is O=C1C=CC=C2CNCC(Nc3cccc(Cl)c3)C12. The average Bonchev–Trinajstić information content (AvgIpc) is 2.39. The Kier molecular flexibility index (Phi) is 3.40.